The van der Waals surface area contributed by atoms with Crippen molar-refractivity contribution < 1.29 is 14.6 Å². The van der Waals surface area contributed by atoms with Crippen molar-refractivity contribution >= 4 is 5.91 Å². The topological polar surface area (TPSA) is 49.8 Å². The minimum atomic E-state index is 0.110. The van der Waals surface area contributed by atoms with Crippen molar-refractivity contribution in [3.8, 4) is 0 Å². The second kappa shape index (κ2) is 7.25. The van der Waals surface area contributed by atoms with Crippen LogP contribution in [0.1, 0.15) is 47.5 Å². The van der Waals surface area contributed by atoms with Gasteiger partial charge in [0.2, 0.25) is 0 Å². The fourth-order valence-corrected chi connectivity index (χ4v) is 3.53. The van der Waals surface area contributed by atoms with Gasteiger partial charge in [0, 0.05) is 25.3 Å². The van der Waals surface area contributed by atoms with Crippen LogP contribution in [0.15, 0.2) is 24.3 Å². The maximum Gasteiger partial charge on any atom is 0.254 e. The van der Waals surface area contributed by atoms with Crippen molar-refractivity contribution in [1.82, 2.24) is 4.90 Å². The number of aliphatic hydroxyl groups is 1. The fourth-order valence-electron chi connectivity index (χ4n) is 3.53. The van der Waals surface area contributed by atoms with E-state index in [1.54, 1.807) is 0 Å². The molecule has 4 heteroatoms. The van der Waals surface area contributed by atoms with Gasteiger partial charge in [-0.15, -0.1) is 0 Å². The first-order chi connectivity index (χ1) is 10.8. The maximum atomic E-state index is 12.4. The Labute approximate surface area is 132 Å². The van der Waals surface area contributed by atoms with Gasteiger partial charge in [0.05, 0.1) is 13.2 Å². The number of amides is 1. The predicted octanol–water partition coefficient (Wildman–Crippen LogP) is 2.43. The molecule has 22 heavy (non-hydrogen) atoms. The van der Waals surface area contributed by atoms with Crippen LogP contribution in [0.3, 0.4) is 0 Å². The Hall–Kier alpha value is -1.39. The molecule has 1 saturated carbocycles. The summed E-state index contributed by atoms with van der Waals surface area (Å²) in [6, 6.07) is 8.14. The van der Waals surface area contributed by atoms with E-state index in [4.69, 9.17) is 4.74 Å². The van der Waals surface area contributed by atoms with Crippen LogP contribution in [0, 0.1) is 5.92 Å². The molecule has 1 N–H and O–H groups in total. The smallest absolute Gasteiger partial charge is 0.254 e. The predicted molar refractivity (Wildman–Crippen MR) is 84.9 cm³/mol. The van der Waals surface area contributed by atoms with Gasteiger partial charge in [-0.05, 0) is 55.2 Å². The molecule has 1 aromatic carbocycles. The molecule has 1 aromatic rings. The van der Waals surface area contributed by atoms with E-state index in [2.05, 4.69) is 12.1 Å². The first kappa shape index (κ1) is 15.5. The standard InChI is InChI=1S/C18H25NO3/c20-13-14-1-3-15(4-2-14)16-5-7-17(8-6-16)18(21)19-9-11-22-12-10-19/h5-8,14-15,20H,1-4,9-13H2. The number of rotatable bonds is 3. The van der Waals surface area contributed by atoms with Crippen LogP contribution in [-0.4, -0.2) is 48.8 Å². The van der Waals surface area contributed by atoms with Gasteiger partial charge in [0.25, 0.3) is 5.91 Å². The summed E-state index contributed by atoms with van der Waals surface area (Å²) < 4.78 is 5.29. The Balaban J connectivity index is 1.61. The fraction of sp³-hybridized carbons (Fsp3) is 0.611. The third-order valence-electron chi connectivity index (χ3n) is 5.03. The van der Waals surface area contributed by atoms with Gasteiger partial charge in [-0.25, -0.2) is 0 Å². The van der Waals surface area contributed by atoms with Gasteiger partial charge >= 0.3 is 0 Å². The second-order valence-electron chi connectivity index (χ2n) is 6.43. The van der Waals surface area contributed by atoms with Crippen LogP contribution in [-0.2, 0) is 4.74 Å². The molecule has 2 fully saturated rings. The molecule has 0 aromatic heterocycles. The number of nitrogens with zero attached hydrogens (tertiary/aromatic N) is 1. The Kier molecular flexibility index (Phi) is 5.11. The minimum absolute atomic E-state index is 0.110. The highest BCUT2D eigenvalue weighted by Crippen LogP contribution is 2.35. The molecule has 1 amide bonds. The lowest BCUT2D eigenvalue weighted by molar-refractivity contribution is 0.0303. The number of morpholine rings is 1. The second-order valence-corrected chi connectivity index (χ2v) is 6.43. The molecule has 1 heterocycles. The van der Waals surface area contributed by atoms with Gasteiger partial charge in [-0.3, -0.25) is 4.79 Å². The minimum Gasteiger partial charge on any atom is -0.396 e. The Morgan fingerprint density at radius 1 is 1.09 bits per heavy atom. The molecule has 3 rings (SSSR count). The zero-order valence-electron chi connectivity index (χ0n) is 13.0. The first-order valence-electron chi connectivity index (χ1n) is 8.36. The monoisotopic (exact) mass is 303 g/mol. The summed E-state index contributed by atoms with van der Waals surface area (Å²) in [7, 11) is 0. The van der Waals surface area contributed by atoms with Gasteiger partial charge in [-0.2, -0.15) is 0 Å². The van der Waals surface area contributed by atoms with E-state index in [1.807, 2.05) is 17.0 Å². The van der Waals surface area contributed by atoms with E-state index in [-0.39, 0.29) is 5.91 Å². The molecule has 0 bridgehead atoms. The summed E-state index contributed by atoms with van der Waals surface area (Å²) in [5, 5.41) is 9.22. The van der Waals surface area contributed by atoms with Crippen LogP contribution < -0.4 is 0 Å². The summed E-state index contributed by atoms with van der Waals surface area (Å²) in [5.41, 5.74) is 2.10. The normalized spacial score (nSPS) is 26.0. The number of ether oxygens (including phenoxy) is 1. The molecule has 2 aliphatic rings. The number of aliphatic hydroxyl groups excluding tert-OH is 1. The van der Waals surface area contributed by atoms with Crippen LogP contribution in [0.2, 0.25) is 0 Å². The highest BCUT2D eigenvalue weighted by molar-refractivity contribution is 5.94. The molecule has 0 radical (unpaired) electrons. The molecule has 1 aliphatic heterocycles. The average Bonchev–Trinajstić information content (AvgIpc) is 2.62. The van der Waals surface area contributed by atoms with Gasteiger partial charge < -0.3 is 14.7 Å². The summed E-state index contributed by atoms with van der Waals surface area (Å²) in [6.07, 6.45) is 4.50. The highest BCUT2D eigenvalue weighted by atomic mass is 16.5. The van der Waals surface area contributed by atoms with E-state index in [0.29, 0.717) is 44.7 Å². The zero-order chi connectivity index (χ0) is 15.4. The zero-order valence-corrected chi connectivity index (χ0v) is 13.0. The molecule has 4 nitrogen and oxygen atoms in total. The Morgan fingerprint density at radius 2 is 1.73 bits per heavy atom. The van der Waals surface area contributed by atoms with Crippen molar-refractivity contribution in [3.05, 3.63) is 35.4 Å². The lowest BCUT2D eigenvalue weighted by Crippen LogP contribution is -2.40. The third kappa shape index (κ3) is 3.50. The molecule has 1 aliphatic carbocycles. The quantitative estimate of drug-likeness (QED) is 0.933. The van der Waals surface area contributed by atoms with E-state index in [0.717, 1.165) is 31.2 Å². The van der Waals surface area contributed by atoms with Crippen LogP contribution in [0.5, 0.6) is 0 Å². The van der Waals surface area contributed by atoms with Crippen LogP contribution in [0.4, 0.5) is 0 Å². The number of carbonyl (C=O) groups excluding carboxylic acids is 1. The van der Waals surface area contributed by atoms with Crippen molar-refractivity contribution in [3.63, 3.8) is 0 Å². The van der Waals surface area contributed by atoms with Crippen molar-refractivity contribution in [2.24, 2.45) is 5.92 Å². The largest absolute Gasteiger partial charge is 0.396 e. The number of benzene rings is 1. The number of hydrogen-bond donors (Lipinski definition) is 1. The molecule has 120 valence electrons. The molecule has 0 spiro atoms. The average molecular weight is 303 g/mol. The van der Waals surface area contributed by atoms with Crippen molar-refractivity contribution in [2.45, 2.75) is 31.6 Å². The van der Waals surface area contributed by atoms with Crippen LogP contribution in [0.25, 0.3) is 0 Å². The Morgan fingerprint density at radius 3 is 2.32 bits per heavy atom. The summed E-state index contributed by atoms with van der Waals surface area (Å²) in [5.74, 6) is 1.17. The van der Waals surface area contributed by atoms with Gasteiger partial charge in [0.15, 0.2) is 0 Å². The number of hydrogen-bond acceptors (Lipinski definition) is 3. The maximum absolute atomic E-state index is 12.4. The van der Waals surface area contributed by atoms with E-state index < -0.39 is 0 Å². The number of carbonyl (C=O) groups is 1. The lowest BCUT2D eigenvalue weighted by Gasteiger charge is -2.28. The van der Waals surface area contributed by atoms with Crippen LogP contribution >= 0.6 is 0 Å². The van der Waals surface area contributed by atoms with Gasteiger partial charge in [-0.1, -0.05) is 12.1 Å². The van der Waals surface area contributed by atoms with Crippen molar-refractivity contribution in [1.29, 1.82) is 0 Å². The SMILES string of the molecule is O=C(c1ccc(C2CCC(CO)CC2)cc1)N1CCOCC1. The molecular weight excluding hydrogens is 278 g/mol. The Bertz CT molecular complexity index is 486. The highest BCUT2D eigenvalue weighted by Gasteiger charge is 2.23. The molecule has 0 unspecified atom stereocenters. The molecule has 0 atom stereocenters. The molecular formula is C18H25NO3. The first-order valence-corrected chi connectivity index (χ1v) is 8.36. The van der Waals surface area contributed by atoms with E-state index in [9.17, 15) is 9.90 Å². The summed E-state index contributed by atoms with van der Waals surface area (Å²) in [6.45, 7) is 2.97. The summed E-state index contributed by atoms with van der Waals surface area (Å²) in [4.78, 5) is 14.3. The van der Waals surface area contributed by atoms with Crippen molar-refractivity contribution in [2.75, 3.05) is 32.9 Å². The van der Waals surface area contributed by atoms with E-state index >= 15 is 0 Å². The summed E-state index contributed by atoms with van der Waals surface area (Å²) >= 11 is 0. The molecule has 1 saturated heterocycles. The lowest BCUT2D eigenvalue weighted by atomic mass is 9.79. The van der Waals surface area contributed by atoms with E-state index in [1.165, 1.54) is 5.56 Å². The van der Waals surface area contributed by atoms with Gasteiger partial charge in [0.1, 0.15) is 0 Å². The third-order valence-corrected chi connectivity index (χ3v) is 5.03.